The van der Waals surface area contributed by atoms with Crippen molar-refractivity contribution in [1.82, 2.24) is 4.90 Å². The molecule has 0 aliphatic carbocycles. The summed E-state index contributed by atoms with van der Waals surface area (Å²) in [7, 11) is 3.12. The molecule has 1 N–H and O–H groups in total. The zero-order chi connectivity index (χ0) is 18.5. The van der Waals surface area contributed by atoms with Gasteiger partial charge in [-0.2, -0.15) is 13.2 Å². The topological polar surface area (TPSA) is 58.6 Å². The predicted octanol–water partition coefficient (Wildman–Crippen LogP) is 3.30. The molecule has 0 atom stereocenters. The summed E-state index contributed by atoms with van der Waals surface area (Å²) in [5.41, 5.74) is -0.942. The number of anilines is 1. The molecule has 0 aliphatic rings. The minimum atomic E-state index is -4.56. The average Bonchev–Trinajstić information content (AvgIpc) is 2.42. The fraction of sp³-hybridized carbons (Fsp3) is 0.500. The van der Waals surface area contributed by atoms with Crippen LogP contribution in [0.1, 0.15) is 32.3 Å². The van der Waals surface area contributed by atoms with Crippen LogP contribution < -0.4 is 10.1 Å². The molecule has 0 saturated heterocycles. The summed E-state index contributed by atoms with van der Waals surface area (Å²) < 4.78 is 44.1. The molecule has 1 aromatic rings. The van der Waals surface area contributed by atoms with Crippen LogP contribution in [0.4, 0.5) is 18.9 Å². The van der Waals surface area contributed by atoms with Crippen LogP contribution in [-0.4, -0.2) is 36.9 Å². The van der Waals surface area contributed by atoms with Crippen molar-refractivity contribution in [1.29, 1.82) is 0 Å². The van der Waals surface area contributed by atoms with Gasteiger partial charge in [0.05, 0.1) is 11.7 Å². The van der Waals surface area contributed by atoms with Gasteiger partial charge in [-0.15, -0.1) is 0 Å². The Balaban J connectivity index is 2.89. The monoisotopic (exact) mass is 346 g/mol. The lowest BCUT2D eigenvalue weighted by molar-refractivity contribution is -0.137. The molecule has 0 saturated carbocycles. The standard InChI is InChI=1S/C16H21F3N2O3/c1-10(2)24-13-8-11(16(17,18)19)7-12(9-13)20-14(22)5-6-15(23)21(3)4/h7-10H,5-6H2,1-4H3,(H,20,22). The maximum atomic E-state index is 12.9. The highest BCUT2D eigenvalue weighted by Gasteiger charge is 2.31. The molecule has 0 bridgehead atoms. The molecular formula is C16H21F3N2O3. The van der Waals surface area contributed by atoms with Crippen LogP contribution in [0.15, 0.2) is 18.2 Å². The predicted molar refractivity (Wildman–Crippen MR) is 83.8 cm³/mol. The fourth-order valence-corrected chi connectivity index (χ4v) is 1.84. The number of amides is 2. The number of nitrogens with one attached hydrogen (secondary N) is 1. The first-order chi connectivity index (χ1) is 11.0. The Hall–Kier alpha value is -2.25. The lowest BCUT2D eigenvalue weighted by Gasteiger charge is -2.15. The third-order valence-electron chi connectivity index (χ3n) is 2.95. The van der Waals surface area contributed by atoms with Gasteiger partial charge in [0, 0.05) is 38.7 Å². The third kappa shape index (κ3) is 6.47. The van der Waals surface area contributed by atoms with E-state index in [4.69, 9.17) is 4.74 Å². The molecule has 0 unspecified atom stereocenters. The van der Waals surface area contributed by atoms with Crippen LogP contribution in [0.3, 0.4) is 0 Å². The zero-order valence-electron chi connectivity index (χ0n) is 14.0. The number of carbonyl (C=O) groups is 2. The van der Waals surface area contributed by atoms with Gasteiger partial charge < -0.3 is 15.0 Å². The van der Waals surface area contributed by atoms with Crippen LogP contribution in [0, 0.1) is 0 Å². The Morgan fingerprint density at radius 2 is 1.79 bits per heavy atom. The number of rotatable bonds is 6. The van der Waals surface area contributed by atoms with E-state index in [1.165, 1.54) is 11.0 Å². The lowest BCUT2D eigenvalue weighted by atomic mass is 10.1. The van der Waals surface area contributed by atoms with E-state index in [2.05, 4.69) is 5.32 Å². The molecule has 0 spiro atoms. The van der Waals surface area contributed by atoms with Crippen molar-refractivity contribution < 1.29 is 27.5 Å². The third-order valence-corrected chi connectivity index (χ3v) is 2.95. The van der Waals surface area contributed by atoms with E-state index in [9.17, 15) is 22.8 Å². The summed E-state index contributed by atoms with van der Waals surface area (Å²) in [4.78, 5) is 24.6. The highest BCUT2D eigenvalue weighted by Crippen LogP contribution is 2.34. The number of alkyl halides is 3. The summed E-state index contributed by atoms with van der Waals surface area (Å²) in [5.74, 6) is -0.766. The second-order valence-corrected chi connectivity index (χ2v) is 5.75. The van der Waals surface area contributed by atoms with E-state index in [1.54, 1.807) is 27.9 Å². The van der Waals surface area contributed by atoms with Gasteiger partial charge in [0.2, 0.25) is 11.8 Å². The average molecular weight is 346 g/mol. The number of carbonyl (C=O) groups excluding carboxylic acids is 2. The highest BCUT2D eigenvalue weighted by atomic mass is 19.4. The second kappa shape index (κ2) is 8.03. The van der Waals surface area contributed by atoms with E-state index >= 15 is 0 Å². The largest absolute Gasteiger partial charge is 0.491 e. The van der Waals surface area contributed by atoms with Gasteiger partial charge in [-0.1, -0.05) is 0 Å². The van der Waals surface area contributed by atoms with Crippen molar-refractivity contribution in [3.63, 3.8) is 0 Å². The smallest absolute Gasteiger partial charge is 0.416 e. The van der Waals surface area contributed by atoms with E-state index in [-0.39, 0.29) is 36.3 Å². The van der Waals surface area contributed by atoms with Crippen LogP contribution in [0.25, 0.3) is 0 Å². The van der Waals surface area contributed by atoms with E-state index in [0.717, 1.165) is 12.1 Å². The van der Waals surface area contributed by atoms with Crippen molar-refractivity contribution in [3.05, 3.63) is 23.8 Å². The Bertz CT molecular complexity index is 599. The summed E-state index contributed by atoms with van der Waals surface area (Å²) >= 11 is 0. The number of ether oxygens (including phenoxy) is 1. The molecular weight excluding hydrogens is 325 g/mol. The van der Waals surface area contributed by atoms with Gasteiger partial charge >= 0.3 is 6.18 Å². The van der Waals surface area contributed by atoms with E-state index < -0.39 is 17.6 Å². The Kier molecular flexibility index (Phi) is 6.62. The molecule has 0 aliphatic heterocycles. The van der Waals surface area contributed by atoms with Gasteiger partial charge in [0.25, 0.3) is 0 Å². The summed E-state index contributed by atoms with van der Waals surface area (Å²) in [6.45, 7) is 3.37. The first kappa shape index (κ1) is 19.8. The maximum Gasteiger partial charge on any atom is 0.416 e. The highest BCUT2D eigenvalue weighted by molar-refractivity contribution is 5.93. The Morgan fingerprint density at radius 3 is 2.29 bits per heavy atom. The molecule has 1 aromatic carbocycles. The molecule has 2 amide bonds. The number of benzene rings is 1. The molecule has 1 rings (SSSR count). The number of halogens is 3. The van der Waals surface area contributed by atoms with Gasteiger partial charge in [0.1, 0.15) is 5.75 Å². The molecule has 0 heterocycles. The molecule has 8 heteroatoms. The van der Waals surface area contributed by atoms with Gasteiger partial charge in [0.15, 0.2) is 0 Å². The van der Waals surface area contributed by atoms with Crippen molar-refractivity contribution in [3.8, 4) is 5.75 Å². The maximum absolute atomic E-state index is 12.9. The first-order valence-corrected chi connectivity index (χ1v) is 7.38. The minimum Gasteiger partial charge on any atom is -0.491 e. The van der Waals surface area contributed by atoms with E-state index in [1.807, 2.05) is 0 Å². The van der Waals surface area contributed by atoms with Gasteiger partial charge in [-0.3, -0.25) is 9.59 Å². The van der Waals surface area contributed by atoms with E-state index in [0.29, 0.717) is 0 Å². The van der Waals surface area contributed by atoms with Crippen molar-refractivity contribution >= 4 is 17.5 Å². The SMILES string of the molecule is CC(C)Oc1cc(NC(=O)CCC(=O)N(C)C)cc(C(F)(F)F)c1. The lowest BCUT2D eigenvalue weighted by Crippen LogP contribution is -2.23. The Morgan fingerprint density at radius 1 is 1.17 bits per heavy atom. The normalized spacial score (nSPS) is 11.3. The number of nitrogens with zero attached hydrogens (tertiary/aromatic N) is 1. The van der Waals surface area contributed by atoms with Crippen LogP contribution in [0.2, 0.25) is 0 Å². The second-order valence-electron chi connectivity index (χ2n) is 5.75. The minimum absolute atomic E-state index is 0.0134. The van der Waals surface area contributed by atoms with Gasteiger partial charge in [-0.05, 0) is 26.0 Å². The zero-order valence-corrected chi connectivity index (χ0v) is 14.0. The quantitative estimate of drug-likeness (QED) is 0.860. The fourth-order valence-electron chi connectivity index (χ4n) is 1.84. The molecule has 5 nitrogen and oxygen atoms in total. The molecule has 0 radical (unpaired) electrons. The first-order valence-electron chi connectivity index (χ1n) is 7.38. The summed E-state index contributed by atoms with van der Waals surface area (Å²) in [6.07, 6.45) is -5.01. The summed E-state index contributed by atoms with van der Waals surface area (Å²) in [5, 5.41) is 2.37. The van der Waals surface area contributed by atoms with Crippen LogP contribution in [-0.2, 0) is 15.8 Å². The number of hydrogen-bond acceptors (Lipinski definition) is 3. The van der Waals surface area contributed by atoms with Crippen molar-refractivity contribution in [2.24, 2.45) is 0 Å². The van der Waals surface area contributed by atoms with Crippen molar-refractivity contribution in [2.45, 2.75) is 39.0 Å². The molecule has 0 aromatic heterocycles. The molecule has 134 valence electrons. The van der Waals surface area contributed by atoms with Crippen LogP contribution in [0.5, 0.6) is 5.75 Å². The Labute approximate surface area is 138 Å². The molecule has 0 fully saturated rings. The van der Waals surface area contributed by atoms with Gasteiger partial charge in [-0.25, -0.2) is 0 Å². The molecule has 24 heavy (non-hydrogen) atoms. The van der Waals surface area contributed by atoms with Crippen LogP contribution >= 0.6 is 0 Å². The number of hydrogen-bond donors (Lipinski definition) is 1. The summed E-state index contributed by atoms with van der Waals surface area (Å²) in [6, 6.07) is 3.03. The van der Waals surface area contributed by atoms with Crippen molar-refractivity contribution in [2.75, 3.05) is 19.4 Å².